The van der Waals surface area contributed by atoms with E-state index in [1.54, 1.807) is 11.3 Å². The maximum absolute atomic E-state index is 6.35. The van der Waals surface area contributed by atoms with E-state index in [2.05, 4.69) is 44.5 Å². The van der Waals surface area contributed by atoms with Gasteiger partial charge in [0.25, 0.3) is 0 Å². The van der Waals surface area contributed by atoms with Crippen LogP contribution in [-0.4, -0.2) is 10.7 Å². The Morgan fingerprint density at radius 2 is 2.08 bits per heavy atom. The molecule has 5 rings (SSSR count). The molecule has 0 radical (unpaired) electrons. The van der Waals surface area contributed by atoms with Crippen LogP contribution in [0.2, 0.25) is 5.02 Å². The third kappa shape index (κ3) is 2.75. The highest BCUT2D eigenvalue weighted by molar-refractivity contribution is 9.10. The Morgan fingerprint density at radius 3 is 2.88 bits per heavy atom. The van der Waals surface area contributed by atoms with E-state index in [9.17, 15) is 0 Å². The van der Waals surface area contributed by atoms with E-state index in [1.807, 2.05) is 36.4 Å². The van der Waals surface area contributed by atoms with Crippen LogP contribution in [0.1, 0.15) is 34.7 Å². The summed E-state index contributed by atoms with van der Waals surface area (Å²) in [5.41, 5.74) is 3.27. The number of benzene rings is 2. The van der Waals surface area contributed by atoms with E-state index in [4.69, 9.17) is 21.4 Å². The zero-order valence-electron chi connectivity index (χ0n) is 13.6. The van der Waals surface area contributed by atoms with Gasteiger partial charge in [-0.15, -0.1) is 11.3 Å². The average Bonchev–Trinajstić information content (AvgIpc) is 3.31. The zero-order valence-corrected chi connectivity index (χ0v) is 16.8. The second-order valence-electron chi connectivity index (χ2n) is 6.33. The van der Waals surface area contributed by atoms with Crippen LogP contribution in [0.3, 0.4) is 0 Å². The highest BCUT2D eigenvalue weighted by atomic mass is 79.9. The van der Waals surface area contributed by atoms with Gasteiger partial charge in [-0.3, -0.25) is 0 Å². The molecule has 0 saturated carbocycles. The van der Waals surface area contributed by atoms with Gasteiger partial charge >= 0.3 is 0 Å². The van der Waals surface area contributed by atoms with Crippen LogP contribution >= 0.6 is 38.9 Å². The molecule has 3 aromatic rings. The van der Waals surface area contributed by atoms with Crippen molar-refractivity contribution in [2.75, 3.05) is 0 Å². The predicted octanol–water partition coefficient (Wildman–Crippen LogP) is 6.41. The van der Waals surface area contributed by atoms with Gasteiger partial charge in [0.1, 0.15) is 5.75 Å². The fourth-order valence-electron chi connectivity index (χ4n) is 3.53. The van der Waals surface area contributed by atoms with Gasteiger partial charge in [-0.2, -0.15) is 5.10 Å². The van der Waals surface area contributed by atoms with Crippen LogP contribution in [0.5, 0.6) is 5.75 Å². The molecule has 0 unspecified atom stereocenters. The van der Waals surface area contributed by atoms with Crippen LogP contribution < -0.4 is 4.74 Å². The lowest BCUT2D eigenvalue weighted by Crippen LogP contribution is -2.33. The standard InChI is InChI=1S/C20H14BrClN2OS/c21-13-6-7-18-15(10-13)17-11-16(19-5-2-8-26-19)23-24(17)20(25-18)12-3-1-4-14(22)9-12/h1-10,17,20H,11H2/t17-,20-/m1/s1. The molecule has 3 heterocycles. The molecule has 0 aliphatic carbocycles. The number of fused-ring (bicyclic) bond motifs is 3. The number of nitrogens with zero attached hydrogens (tertiary/aromatic N) is 2. The van der Waals surface area contributed by atoms with Crippen molar-refractivity contribution in [3.05, 3.63) is 85.5 Å². The summed E-state index contributed by atoms with van der Waals surface area (Å²) < 4.78 is 7.40. The summed E-state index contributed by atoms with van der Waals surface area (Å²) in [4.78, 5) is 1.21. The summed E-state index contributed by atoms with van der Waals surface area (Å²) in [6, 6.07) is 18.3. The van der Waals surface area contributed by atoms with E-state index in [0.717, 1.165) is 33.5 Å². The van der Waals surface area contributed by atoms with Crippen molar-refractivity contribution in [3.8, 4) is 5.75 Å². The van der Waals surface area contributed by atoms with Crippen molar-refractivity contribution in [3.63, 3.8) is 0 Å². The summed E-state index contributed by atoms with van der Waals surface area (Å²) in [6.45, 7) is 0. The normalized spacial score (nSPS) is 21.0. The Morgan fingerprint density at radius 1 is 1.15 bits per heavy atom. The Bertz CT molecular complexity index is 1000. The molecule has 0 N–H and O–H groups in total. The Kier molecular flexibility index (Phi) is 4.03. The van der Waals surface area contributed by atoms with Gasteiger partial charge < -0.3 is 4.74 Å². The van der Waals surface area contributed by atoms with E-state index in [1.165, 1.54) is 4.88 Å². The maximum Gasteiger partial charge on any atom is 0.213 e. The number of ether oxygens (including phenoxy) is 1. The first-order chi connectivity index (χ1) is 12.7. The molecule has 2 atom stereocenters. The third-order valence-corrected chi connectivity index (χ3v) is 6.34. The van der Waals surface area contributed by atoms with E-state index in [-0.39, 0.29) is 12.3 Å². The second-order valence-corrected chi connectivity index (χ2v) is 8.63. The van der Waals surface area contributed by atoms with E-state index >= 15 is 0 Å². The summed E-state index contributed by atoms with van der Waals surface area (Å²) in [7, 11) is 0. The number of hydrazone groups is 1. The van der Waals surface area contributed by atoms with Gasteiger partial charge in [0.2, 0.25) is 6.23 Å². The number of halogens is 2. The molecule has 3 nitrogen and oxygen atoms in total. The van der Waals surface area contributed by atoms with Crippen LogP contribution in [-0.2, 0) is 0 Å². The fraction of sp³-hybridized carbons (Fsp3) is 0.150. The minimum absolute atomic E-state index is 0.150. The molecule has 0 bridgehead atoms. The molecular weight excluding hydrogens is 432 g/mol. The first-order valence-electron chi connectivity index (χ1n) is 8.30. The molecule has 2 aliphatic heterocycles. The molecule has 2 aromatic carbocycles. The van der Waals surface area contributed by atoms with Crippen LogP contribution in [0, 0.1) is 0 Å². The van der Waals surface area contributed by atoms with Gasteiger partial charge in [0.05, 0.1) is 16.6 Å². The van der Waals surface area contributed by atoms with Crippen molar-refractivity contribution in [2.45, 2.75) is 18.7 Å². The minimum atomic E-state index is -0.287. The summed E-state index contributed by atoms with van der Waals surface area (Å²) in [5.74, 6) is 0.905. The molecule has 2 aliphatic rings. The molecule has 0 saturated heterocycles. The Labute approximate surface area is 169 Å². The fourth-order valence-corrected chi connectivity index (χ4v) is 4.83. The van der Waals surface area contributed by atoms with Gasteiger partial charge in [0.15, 0.2) is 0 Å². The smallest absolute Gasteiger partial charge is 0.213 e. The topological polar surface area (TPSA) is 24.8 Å². The highest BCUT2D eigenvalue weighted by Gasteiger charge is 2.41. The number of hydrogen-bond donors (Lipinski definition) is 0. The predicted molar refractivity (Wildman–Crippen MR) is 109 cm³/mol. The monoisotopic (exact) mass is 444 g/mol. The number of thiophene rings is 1. The van der Waals surface area contributed by atoms with E-state index in [0.29, 0.717) is 5.02 Å². The third-order valence-electron chi connectivity index (χ3n) is 4.69. The molecule has 1 aromatic heterocycles. The van der Waals surface area contributed by atoms with Crippen molar-refractivity contribution in [1.29, 1.82) is 0 Å². The zero-order chi connectivity index (χ0) is 17.7. The lowest BCUT2D eigenvalue weighted by Gasteiger charge is -2.38. The quantitative estimate of drug-likeness (QED) is 0.455. The maximum atomic E-state index is 6.35. The molecule has 0 amide bonds. The van der Waals surface area contributed by atoms with E-state index < -0.39 is 0 Å². The number of rotatable bonds is 2. The summed E-state index contributed by atoms with van der Waals surface area (Å²) in [5, 5.41) is 9.81. The Hall–Kier alpha value is -1.82. The van der Waals surface area contributed by atoms with Crippen LogP contribution in [0.4, 0.5) is 0 Å². The van der Waals surface area contributed by atoms with Gasteiger partial charge in [0, 0.05) is 27.0 Å². The largest absolute Gasteiger partial charge is 0.464 e. The number of hydrogen-bond acceptors (Lipinski definition) is 4. The molecule has 26 heavy (non-hydrogen) atoms. The Balaban J connectivity index is 1.63. The molecule has 130 valence electrons. The lowest BCUT2D eigenvalue weighted by molar-refractivity contribution is -0.0190. The van der Waals surface area contributed by atoms with Crippen molar-refractivity contribution in [2.24, 2.45) is 5.10 Å². The van der Waals surface area contributed by atoms with Gasteiger partial charge in [-0.05, 0) is 41.8 Å². The SMILES string of the molecule is Clc1cccc([C@H]2Oc3ccc(Br)cc3[C@H]3CC(c4cccs4)=NN32)c1. The average molecular weight is 446 g/mol. The highest BCUT2D eigenvalue weighted by Crippen LogP contribution is 2.48. The van der Waals surface area contributed by atoms with Crippen molar-refractivity contribution in [1.82, 2.24) is 5.01 Å². The van der Waals surface area contributed by atoms with Gasteiger partial charge in [-0.1, -0.05) is 45.7 Å². The van der Waals surface area contributed by atoms with Crippen molar-refractivity contribution >= 4 is 44.6 Å². The second kappa shape index (κ2) is 6.41. The lowest BCUT2D eigenvalue weighted by atomic mass is 9.98. The first-order valence-corrected chi connectivity index (χ1v) is 10.4. The molecule has 0 fully saturated rings. The van der Waals surface area contributed by atoms with Crippen LogP contribution in [0.15, 0.2) is 69.6 Å². The van der Waals surface area contributed by atoms with Crippen LogP contribution in [0.25, 0.3) is 0 Å². The summed E-state index contributed by atoms with van der Waals surface area (Å²) >= 11 is 11.5. The minimum Gasteiger partial charge on any atom is -0.464 e. The molecular formula is C20H14BrClN2OS. The molecule has 0 spiro atoms. The molecule has 6 heteroatoms. The summed E-state index contributed by atoms with van der Waals surface area (Å²) in [6.07, 6.45) is 0.578. The van der Waals surface area contributed by atoms with Crippen molar-refractivity contribution < 1.29 is 4.74 Å². The van der Waals surface area contributed by atoms with Gasteiger partial charge in [-0.25, -0.2) is 5.01 Å². The first kappa shape index (κ1) is 16.4.